The SMILES string of the molecule is COc1cc2oc(=O)cc(COP(=O)(O)O)c2cc1OC. The van der Waals surface area contributed by atoms with Gasteiger partial charge in [0.1, 0.15) is 5.58 Å². The summed E-state index contributed by atoms with van der Waals surface area (Å²) in [5, 5.41) is 0.431. The van der Waals surface area contributed by atoms with E-state index in [9.17, 15) is 9.36 Å². The molecule has 0 amide bonds. The lowest BCUT2D eigenvalue weighted by Gasteiger charge is -2.11. The molecule has 0 bridgehead atoms. The van der Waals surface area contributed by atoms with Gasteiger partial charge in [0, 0.05) is 17.5 Å². The van der Waals surface area contributed by atoms with Gasteiger partial charge >= 0.3 is 13.4 Å². The molecule has 9 heteroatoms. The van der Waals surface area contributed by atoms with Crippen LogP contribution in [-0.4, -0.2) is 24.0 Å². The van der Waals surface area contributed by atoms with Crippen LogP contribution >= 0.6 is 7.82 Å². The molecule has 114 valence electrons. The van der Waals surface area contributed by atoms with E-state index in [0.29, 0.717) is 16.9 Å². The van der Waals surface area contributed by atoms with Gasteiger partial charge in [-0.2, -0.15) is 0 Å². The highest BCUT2D eigenvalue weighted by Crippen LogP contribution is 2.38. The minimum Gasteiger partial charge on any atom is -0.493 e. The third kappa shape index (κ3) is 3.62. The van der Waals surface area contributed by atoms with Crippen LogP contribution in [0.1, 0.15) is 5.56 Å². The van der Waals surface area contributed by atoms with Crippen LogP contribution in [0.3, 0.4) is 0 Å². The maximum absolute atomic E-state index is 11.5. The molecule has 0 aliphatic rings. The summed E-state index contributed by atoms with van der Waals surface area (Å²) < 4.78 is 30.5. The second kappa shape index (κ2) is 5.87. The Hall–Kier alpha value is -1.86. The number of fused-ring (bicyclic) bond motifs is 1. The topological polar surface area (TPSA) is 115 Å². The first kappa shape index (κ1) is 15.5. The van der Waals surface area contributed by atoms with E-state index in [2.05, 4.69) is 4.52 Å². The minimum atomic E-state index is -4.65. The van der Waals surface area contributed by atoms with Crippen molar-refractivity contribution in [2.24, 2.45) is 0 Å². The Labute approximate surface area is 119 Å². The van der Waals surface area contributed by atoms with Crippen molar-refractivity contribution in [3.63, 3.8) is 0 Å². The lowest BCUT2D eigenvalue weighted by molar-refractivity contribution is 0.189. The van der Waals surface area contributed by atoms with Gasteiger partial charge in [-0.1, -0.05) is 0 Å². The van der Waals surface area contributed by atoms with Gasteiger partial charge in [-0.15, -0.1) is 0 Å². The third-order valence-electron chi connectivity index (χ3n) is 2.72. The molecule has 0 radical (unpaired) electrons. The summed E-state index contributed by atoms with van der Waals surface area (Å²) >= 11 is 0. The number of phosphoric ester groups is 1. The number of rotatable bonds is 5. The molecule has 0 unspecified atom stereocenters. The van der Waals surface area contributed by atoms with Crippen LogP contribution in [0.5, 0.6) is 11.5 Å². The van der Waals surface area contributed by atoms with Crippen LogP contribution in [0.15, 0.2) is 27.4 Å². The zero-order chi connectivity index (χ0) is 15.6. The fourth-order valence-corrected chi connectivity index (χ4v) is 2.13. The van der Waals surface area contributed by atoms with E-state index in [0.717, 1.165) is 6.07 Å². The Kier molecular flexibility index (Phi) is 4.34. The molecule has 21 heavy (non-hydrogen) atoms. The molecule has 0 aliphatic heterocycles. The highest BCUT2D eigenvalue weighted by atomic mass is 31.2. The normalized spacial score (nSPS) is 11.6. The molecular formula is C12H13O8P. The van der Waals surface area contributed by atoms with Gasteiger partial charge in [0.15, 0.2) is 11.5 Å². The smallest absolute Gasteiger partial charge is 0.469 e. The summed E-state index contributed by atoms with van der Waals surface area (Å²) in [6.45, 7) is -0.443. The van der Waals surface area contributed by atoms with Gasteiger partial charge in [-0.3, -0.25) is 4.52 Å². The number of hydrogen-bond acceptors (Lipinski definition) is 6. The standard InChI is InChI=1S/C12H13O8P/c1-17-10-4-8-7(6-19-21(14,15)16)3-12(13)20-9(8)5-11(10)18-2/h3-5H,6H2,1-2H3,(H2,14,15,16). The van der Waals surface area contributed by atoms with Gasteiger partial charge in [-0.25, -0.2) is 9.36 Å². The predicted molar refractivity (Wildman–Crippen MR) is 72.4 cm³/mol. The fourth-order valence-electron chi connectivity index (χ4n) is 1.83. The Bertz CT molecular complexity index is 760. The number of phosphoric acid groups is 1. The van der Waals surface area contributed by atoms with Crippen molar-refractivity contribution >= 4 is 18.8 Å². The molecule has 8 nitrogen and oxygen atoms in total. The molecule has 0 aliphatic carbocycles. The Morgan fingerprint density at radius 3 is 2.33 bits per heavy atom. The molecule has 0 saturated heterocycles. The van der Waals surface area contributed by atoms with Crippen molar-refractivity contribution in [2.45, 2.75) is 6.61 Å². The monoisotopic (exact) mass is 316 g/mol. The van der Waals surface area contributed by atoms with E-state index >= 15 is 0 Å². The number of methoxy groups -OCH3 is 2. The summed E-state index contributed by atoms with van der Waals surface area (Å²) in [5.74, 6) is 0.748. The summed E-state index contributed by atoms with van der Waals surface area (Å²) in [6.07, 6.45) is 0. The minimum absolute atomic E-state index is 0.199. The third-order valence-corrected chi connectivity index (χ3v) is 3.19. The molecule has 0 fully saturated rings. The van der Waals surface area contributed by atoms with Gasteiger partial charge in [0.05, 0.1) is 20.8 Å². The van der Waals surface area contributed by atoms with Crippen LogP contribution in [0.25, 0.3) is 11.0 Å². The first-order valence-electron chi connectivity index (χ1n) is 5.73. The molecular weight excluding hydrogens is 303 g/mol. The fraction of sp³-hybridized carbons (Fsp3) is 0.250. The first-order valence-corrected chi connectivity index (χ1v) is 7.26. The number of hydrogen-bond donors (Lipinski definition) is 2. The van der Waals surface area contributed by atoms with Gasteiger partial charge in [0.25, 0.3) is 0 Å². The lowest BCUT2D eigenvalue weighted by atomic mass is 10.1. The van der Waals surface area contributed by atoms with Crippen molar-refractivity contribution in [3.8, 4) is 11.5 Å². The van der Waals surface area contributed by atoms with Crippen molar-refractivity contribution in [1.29, 1.82) is 0 Å². The van der Waals surface area contributed by atoms with Crippen LogP contribution < -0.4 is 15.1 Å². The maximum atomic E-state index is 11.5. The lowest BCUT2D eigenvalue weighted by Crippen LogP contribution is -2.03. The molecule has 2 rings (SSSR count). The first-order chi connectivity index (χ1) is 9.84. The van der Waals surface area contributed by atoms with Gasteiger partial charge in [0.2, 0.25) is 0 Å². The van der Waals surface area contributed by atoms with E-state index < -0.39 is 20.1 Å². The summed E-state index contributed by atoms with van der Waals surface area (Å²) in [5.41, 5.74) is -0.200. The zero-order valence-electron chi connectivity index (χ0n) is 11.2. The van der Waals surface area contributed by atoms with Crippen LogP contribution in [0, 0.1) is 0 Å². The highest BCUT2D eigenvalue weighted by Gasteiger charge is 2.17. The van der Waals surface area contributed by atoms with Crippen molar-refractivity contribution < 1.29 is 32.8 Å². The number of ether oxygens (including phenoxy) is 2. The molecule has 1 aromatic carbocycles. The molecule has 1 aromatic heterocycles. The Morgan fingerprint density at radius 1 is 1.14 bits per heavy atom. The second-order valence-corrected chi connectivity index (χ2v) is 5.30. The van der Waals surface area contributed by atoms with Gasteiger partial charge < -0.3 is 23.7 Å². The summed E-state index contributed by atoms with van der Waals surface area (Å²) in [6, 6.07) is 4.09. The van der Waals surface area contributed by atoms with E-state index in [4.69, 9.17) is 23.7 Å². The Balaban J connectivity index is 2.59. The van der Waals surface area contributed by atoms with E-state index in [1.165, 1.54) is 26.4 Å². The van der Waals surface area contributed by atoms with Crippen LogP contribution in [-0.2, 0) is 15.7 Å². The van der Waals surface area contributed by atoms with E-state index in [-0.39, 0.29) is 11.1 Å². The second-order valence-electron chi connectivity index (χ2n) is 4.06. The predicted octanol–water partition coefficient (Wildman–Crippen LogP) is 1.42. The van der Waals surface area contributed by atoms with Crippen molar-refractivity contribution in [2.75, 3.05) is 14.2 Å². The Morgan fingerprint density at radius 2 is 1.76 bits per heavy atom. The molecule has 0 atom stereocenters. The molecule has 1 heterocycles. The molecule has 0 spiro atoms. The molecule has 2 N–H and O–H groups in total. The average Bonchev–Trinajstić information content (AvgIpc) is 2.42. The quantitative estimate of drug-likeness (QED) is 0.628. The van der Waals surface area contributed by atoms with Gasteiger partial charge in [-0.05, 0) is 11.6 Å². The van der Waals surface area contributed by atoms with E-state index in [1.54, 1.807) is 0 Å². The van der Waals surface area contributed by atoms with E-state index in [1.807, 2.05) is 0 Å². The van der Waals surface area contributed by atoms with Crippen molar-refractivity contribution in [3.05, 3.63) is 34.2 Å². The number of benzene rings is 1. The molecule has 2 aromatic rings. The molecule has 0 saturated carbocycles. The maximum Gasteiger partial charge on any atom is 0.469 e. The van der Waals surface area contributed by atoms with Crippen LogP contribution in [0.2, 0.25) is 0 Å². The highest BCUT2D eigenvalue weighted by molar-refractivity contribution is 7.46. The summed E-state index contributed by atoms with van der Waals surface area (Å²) in [4.78, 5) is 29.0. The van der Waals surface area contributed by atoms with Crippen molar-refractivity contribution in [1.82, 2.24) is 0 Å². The summed E-state index contributed by atoms with van der Waals surface area (Å²) in [7, 11) is -1.77. The largest absolute Gasteiger partial charge is 0.493 e. The average molecular weight is 316 g/mol. The van der Waals surface area contributed by atoms with Crippen LogP contribution in [0.4, 0.5) is 0 Å². The zero-order valence-corrected chi connectivity index (χ0v) is 12.1.